The Morgan fingerprint density at radius 2 is 1.52 bits per heavy atom. The van der Waals surface area contributed by atoms with Crippen LogP contribution in [0.1, 0.15) is 24.2 Å². The SMILES string of the molecule is CC(C)N(c1ccc(C(=O)Oc2ccccc2)c(Cl)c1)S(=O)(=O)c1ccccc1. The number of esters is 1. The zero-order chi connectivity index (χ0) is 21.0. The quantitative estimate of drug-likeness (QED) is 0.401. The predicted octanol–water partition coefficient (Wildman–Crippen LogP) is 5.16. The minimum atomic E-state index is -3.79. The van der Waals surface area contributed by atoms with Crippen LogP contribution in [-0.2, 0) is 10.0 Å². The maximum Gasteiger partial charge on any atom is 0.345 e. The zero-order valence-electron chi connectivity index (χ0n) is 15.9. The molecule has 3 rings (SSSR count). The van der Waals surface area contributed by atoms with Gasteiger partial charge in [-0.2, -0.15) is 0 Å². The number of carbonyl (C=O) groups is 1. The van der Waals surface area contributed by atoms with E-state index in [1.807, 2.05) is 6.07 Å². The number of hydrogen-bond donors (Lipinski definition) is 0. The first kappa shape index (κ1) is 20.9. The van der Waals surface area contributed by atoms with Crippen LogP contribution in [0.5, 0.6) is 5.75 Å². The largest absolute Gasteiger partial charge is 0.423 e. The molecule has 0 fully saturated rings. The zero-order valence-corrected chi connectivity index (χ0v) is 17.5. The van der Waals surface area contributed by atoms with E-state index in [2.05, 4.69) is 0 Å². The summed E-state index contributed by atoms with van der Waals surface area (Å²) in [5.41, 5.74) is 0.519. The van der Waals surface area contributed by atoms with Gasteiger partial charge in [-0.3, -0.25) is 4.31 Å². The molecule has 0 amide bonds. The topological polar surface area (TPSA) is 63.7 Å². The van der Waals surface area contributed by atoms with Crippen LogP contribution in [0, 0.1) is 0 Å². The van der Waals surface area contributed by atoms with Crippen molar-refractivity contribution in [3.8, 4) is 5.75 Å². The molecular weight excluding hydrogens is 410 g/mol. The minimum absolute atomic E-state index is 0.109. The van der Waals surface area contributed by atoms with Gasteiger partial charge in [-0.15, -0.1) is 0 Å². The summed E-state index contributed by atoms with van der Waals surface area (Å²) in [4.78, 5) is 12.6. The first-order chi connectivity index (χ1) is 13.8. The van der Waals surface area contributed by atoms with Crippen LogP contribution in [-0.4, -0.2) is 20.4 Å². The molecule has 0 spiro atoms. The summed E-state index contributed by atoms with van der Waals surface area (Å²) in [5, 5.41) is 0.109. The molecule has 3 aromatic carbocycles. The van der Waals surface area contributed by atoms with Gasteiger partial charge in [0.2, 0.25) is 0 Å². The van der Waals surface area contributed by atoms with E-state index >= 15 is 0 Å². The van der Waals surface area contributed by atoms with Crippen LogP contribution in [0.15, 0.2) is 83.8 Å². The Labute approximate surface area is 175 Å². The lowest BCUT2D eigenvalue weighted by atomic mass is 10.2. The van der Waals surface area contributed by atoms with E-state index in [1.165, 1.54) is 28.6 Å². The highest BCUT2D eigenvalue weighted by Gasteiger charge is 2.28. The van der Waals surface area contributed by atoms with Crippen molar-refractivity contribution >= 4 is 33.3 Å². The van der Waals surface area contributed by atoms with Gasteiger partial charge >= 0.3 is 5.97 Å². The van der Waals surface area contributed by atoms with Crippen LogP contribution >= 0.6 is 11.6 Å². The molecule has 0 bridgehead atoms. The van der Waals surface area contributed by atoms with Gasteiger partial charge in [0.25, 0.3) is 10.0 Å². The lowest BCUT2D eigenvalue weighted by molar-refractivity contribution is 0.0735. The summed E-state index contributed by atoms with van der Waals surface area (Å²) in [6, 6.07) is 20.9. The van der Waals surface area contributed by atoms with Crippen molar-refractivity contribution in [2.45, 2.75) is 24.8 Å². The van der Waals surface area contributed by atoms with Gasteiger partial charge in [-0.1, -0.05) is 48.0 Å². The summed E-state index contributed by atoms with van der Waals surface area (Å²) in [6.45, 7) is 3.54. The van der Waals surface area contributed by atoms with Crippen molar-refractivity contribution in [3.63, 3.8) is 0 Å². The second-order valence-electron chi connectivity index (χ2n) is 6.57. The Kier molecular flexibility index (Phi) is 6.25. The predicted molar refractivity (Wildman–Crippen MR) is 114 cm³/mol. The fourth-order valence-corrected chi connectivity index (χ4v) is 4.80. The standard InChI is InChI=1S/C22H20ClNO4S/c1-16(2)24(29(26,27)19-11-7-4-8-12-19)17-13-14-20(21(23)15-17)22(25)28-18-9-5-3-6-10-18/h3-16H,1-2H3. The summed E-state index contributed by atoms with van der Waals surface area (Å²) in [7, 11) is -3.79. The first-order valence-electron chi connectivity index (χ1n) is 8.97. The third kappa shape index (κ3) is 4.60. The Bertz CT molecular complexity index is 1100. The molecule has 0 unspecified atom stereocenters. The average Bonchev–Trinajstić information content (AvgIpc) is 2.69. The molecular formula is C22H20ClNO4S. The Balaban J connectivity index is 1.94. The molecule has 0 N–H and O–H groups in total. The van der Waals surface area contributed by atoms with E-state index in [-0.39, 0.29) is 21.5 Å². The van der Waals surface area contributed by atoms with Crippen molar-refractivity contribution < 1.29 is 17.9 Å². The number of para-hydroxylation sites is 1. The molecule has 7 heteroatoms. The van der Waals surface area contributed by atoms with E-state index in [0.29, 0.717) is 11.4 Å². The number of carbonyl (C=O) groups excluding carboxylic acids is 1. The molecule has 5 nitrogen and oxygen atoms in total. The van der Waals surface area contributed by atoms with E-state index in [9.17, 15) is 13.2 Å². The van der Waals surface area contributed by atoms with Gasteiger partial charge in [0.15, 0.2) is 0 Å². The minimum Gasteiger partial charge on any atom is -0.423 e. The average molecular weight is 430 g/mol. The second-order valence-corrected chi connectivity index (χ2v) is 8.80. The summed E-state index contributed by atoms with van der Waals surface area (Å²) >= 11 is 6.31. The lowest BCUT2D eigenvalue weighted by Gasteiger charge is -2.28. The van der Waals surface area contributed by atoms with Gasteiger partial charge in [-0.25, -0.2) is 13.2 Å². The number of rotatable bonds is 6. The third-order valence-electron chi connectivity index (χ3n) is 4.15. The molecule has 0 aliphatic carbocycles. The number of sulfonamides is 1. The molecule has 0 aromatic heterocycles. The number of benzene rings is 3. The highest BCUT2D eigenvalue weighted by molar-refractivity contribution is 7.92. The van der Waals surface area contributed by atoms with Crippen molar-refractivity contribution in [1.29, 1.82) is 0 Å². The number of nitrogens with zero attached hydrogens (tertiary/aromatic N) is 1. The lowest BCUT2D eigenvalue weighted by Crippen LogP contribution is -2.37. The van der Waals surface area contributed by atoms with Gasteiger partial charge in [0, 0.05) is 6.04 Å². The van der Waals surface area contributed by atoms with Gasteiger partial charge in [-0.05, 0) is 56.3 Å². The van der Waals surface area contributed by atoms with E-state index in [4.69, 9.17) is 16.3 Å². The fourth-order valence-electron chi connectivity index (χ4n) is 2.88. The molecule has 0 aliphatic heterocycles. The normalized spacial score (nSPS) is 11.3. The van der Waals surface area contributed by atoms with E-state index in [1.54, 1.807) is 62.4 Å². The molecule has 0 heterocycles. The van der Waals surface area contributed by atoms with Crippen LogP contribution < -0.4 is 9.04 Å². The van der Waals surface area contributed by atoms with Crippen LogP contribution in [0.4, 0.5) is 5.69 Å². The maximum absolute atomic E-state index is 13.1. The van der Waals surface area contributed by atoms with Crippen LogP contribution in [0.3, 0.4) is 0 Å². The summed E-state index contributed by atoms with van der Waals surface area (Å²) < 4.78 is 32.9. The van der Waals surface area contributed by atoms with Crippen molar-refractivity contribution in [1.82, 2.24) is 0 Å². The highest BCUT2D eigenvalue weighted by Crippen LogP contribution is 2.30. The molecule has 0 radical (unpaired) electrons. The summed E-state index contributed by atoms with van der Waals surface area (Å²) in [6.07, 6.45) is 0. The Morgan fingerprint density at radius 3 is 2.07 bits per heavy atom. The Morgan fingerprint density at radius 1 is 0.931 bits per heavy atom. The van der Waals surface area contributed by atoms with E-state index in [0.717, 1.165) is 0 Å². The van der Waals surface area contributed by atoms with Crippen LogP contribution in [0.25, 0.3) is 0 Å². The molecule has 0 saturated heterocycles. The maximum atomic E-state index is 13.1. The first-order valence-corrected chi connectivity index (χ1v) is 10.8. The monoisotopic (exact) mass is 429 g/mol. The molecule has 0 atom stereocenters. The Hall–Kier alpha value is -2.83. The smallest absolute Gasteiger partial charge is 0.345 e. The molecule has 0 aliphatic rings. The summed E-state index contributed by atoms with van der Waals surface area (Å²) in [5.74, 6) is -0.220. The number of hydrogen-bond acceptors (Lipinski definition) is 4. The number of anilines is 1. The van der Waals surface area contributed by atoms with E-state index < -0.39 is 16.0 Å². The van der Waals surface area contributed by atoms with Gasteiger partial charge < -0.3 is 4.74 Å². The van der Waals surface area contributed by atoms with Gasteiger partial charge in [0.1, 0.15) is 5.75 Å². The molecule has 0 saturated carbocycles. The third-order valence-corrected chi connectivity index (χ3v) is 6.48. The van der Waals surface area contributed by atoms with Crippen molar-refractivity contribution in [2.75, 3.05) is 4.31 Å². The molecule has 3 aromatic rings. The van der Waals surface area contributed by atoms with Crippen molar-refractivity contribution in [3.05, 3.63) is 89.4 Å². The molecule has 150 valence electrons. The number of halogens is 1. The second kappa shape index (κ2) is 8.68. The highest BCUT2D eigenvalue weighted by atomic mass is 35.5. The number of ether oxygens (including phenoxy) is 1. The van der Waals surface area contributed by atoms with Gasteiger partial charge in [0.05, 0.1) is 21.2 Å². The van der Waals surface area contributed by atoms with Crippen LogP contribution in [0.2, 0.25) is 5.02 Å². The fraction of sp³-hybridized carbons (Fsp3) is 0.136. The van der Waals surface area contributed by atoms with Crippen molar-refractivity contribution in [2.24, 2.45) is 0 Å². The molecule has 29 heavy (non-hydrogen) atoms.